The average molecular weight is 360 g/mol. The second kappa shape index (κ2) is 6.30. The van der Waals surface area contributed by atoms with Crippen molar-refractivity contribution in [3.05, 3.63) is 36.9 Å². The van der Waals surface area contributed by atoms with Gasteiger partial charge in [-0.15, -0.1) is 0 Å². The molecule has 1 aromatic rings. The molecule has 0 heterocycles. The van der Waals surface area contributed by atoms with Crippen LogP contribution in [0.5, 0.6) is 0 Å². The molecular weight excluding hydrogens is 351 g/mol. The molecule has 1 aromatic carbocycles. The van der Waals surface area contributed by atoms with E-state index < -0.39 is 10.9 Å². The normalized spacial score (nSPS) is 9.61. The summed E-state index contributed by atoms with van der Waals surface area (Å²) in [6.07, 6.45) is -0.142. The highest BCUT2D eigenvalue weighted by Crippen LogP contribution is 2.26. The molecule has 0 aliphatic rings. The molecule has 0 unspecified atom stereocenters. The van der Waals surface area contributed by atoms with E-state index in [1.807, 2.05) is 22.6 Å². The first-order chi connectivity index (χ1) is 8.51. The van der Waals surface area contributed by atoms with Crippen molar-refractivity contribution in [2.45, 2.75) is 13.3 Å². The Labute approximate surface area is 117 Å². The summed E-state index contributed by atoms with van der Waals surface area (Å²) in [5, 5.41) is 19.8. The summed E-state index contributed by atoms with van der Waals surface area (Å²) in [6, 6.07) is 4.55. The molecule has 0 atom stereocenters. The van der Waals surface area contributed by atoms with Gasteiger partial charge in [0, 0.05) is 15.2 Å². The Hall–Kier alpha value is -1.69. The van der Waals surface area contributed by atoms with Gasteiger partial charge in [0.05, 0.1) is 18.0 Å². The molecule has 0 fully saturated rings. The lowest BCUT2D eigenvalue weighted by atomic mass is 10.0. The molecule has 0 aromatic heterocycles. The highest BCUT2D eigenvalue weighted by atomic mass is 127. The highest BCUT2D eigenvalue weighted by molar-refractivity contribution is 14.1. The SMILES string of the molecule is CCOC(=O)Cc1c(I)ccc([N+](=O)[O-])c1C#N. The first kappa shape index (κ1) is 14.4. The molecule has 0 spiro atoms. The van der Waals surface area contributed by atoms with Gasteiger partial charge in [0.2, 0.25) is 0 Å². The number of rotatable bonds is 4. The van der Waals surface area contributed by atoms with E-state index in [0.29, 0.717) is 9.13 Å². The van der Waals surface area contributed by atoms with Gasteiger partial charge in [-0.1, -0.05) is 0 Å². The number of halogens is 1. The fourth-order valence-electron chi connectivity index (χ4n) is 1.42. The standard InChI is InChI=1S/C11H9IN2O4/c1-2-18-11(15)5-7-8(6-13)10(14(16)17)4-3-9(7)12/h3-4H,2,5H2,1H3. The Bertz CT molecular complexity index is 537. The second-order valence-corrected chi connectivity index (χ2v) is 4.43. The molecule has 0 saturated heterocycles. The minimum Gasteiger partial charge on any atom is -0.466 e. The number of nitrogens with zero attached hydrogens (tertiary/aromatic N) is 2. The van der Waals surface area contributed by atoms with Crippen LogP contribution in [0.25, 0.3) is 0 Å². The van der Waals surface area contributed by atoms with Gasteiger partial charge in [-0.3, -0.25) is 14.9 Å². The monoisotopic (exact) mass is 360 g/mol. The van der Waals surface area contributed by atoms with Crippen molar-refractivity contribution in [2.75, 3.05) is 6.61 Å². The minimum absolute atomic E-state index is 0.0834. The zero-order chi connectivity index (χ0) is 13.7. The Kier molecular flexibility index (Phi) is 5.03. The minimum atomic E-state index is -0.636. The Balaban J connectivity index is 3.25. The van der Waals surface area contributed by atoms with Crippen molar-refractivity contribution in [2.24, 2.45) is 0 Å². The van der Waals surface area contributed by atoms with Crippen LogP contribution in [0.2, 0.25) is 0 Å². The summed E-state index contributed by atoms with van der Waals surface area (Å²) >= 11 is 1.93. The predicted molar refractivity (Wildman–Crippen MR) is 70.9 cm³/mol. The number of esters is 1. The van der Waals surface area contributed by atoms with Crippen molar-refractivity contribution in [1.29, 1.82) is 5.26 Å². The van der Waals surface area contributed by atoms with Crippen LogP contribution in [0.15, 0.2) is 12.1 Å². The fraction of sp³-hybridized carbons (Fsp3) is 0.273. The maximum absolute atomic E-state index is 11.4. The zero-order valence-corrected chi connectivity index (χ0v) is 11.6. The molecule has 7 heteroatoms. The molecule has 18 heavy (non-hydrogen) atoms. The Morgan fingerprint density at radius 2 is 2.28 bits per heavy atom. The Morgan fingerprint density at radius 1 is 1.61 bits per heavy atom. The molecule has 0 aliphatic heterocycles. The van der Waals surface area contributed by atoms with Gasteiger partial charge in [0.15, 0.2) is 0 Å². The van der Waals surface area contributed by atoms with Crippen molar-refractivity contribution in [3.8, 4) is 6.07 Å². The van der Waals surface area contributed by atoms with Gasteiger partial charge in [0.1, 0.15) is 11.6 Å². The largest absolute Gasteiger partial charge is 0.466 e. The molecule has 1 rings (SSSR count). The summed E-state index contributed by atoms with van der Waals surface area (Å²) in [6.45, 7) is 1.90. The van der Waals surface area contributed by atoms with Crippen LogP contribution in [0.1, 0.15) is 18.1 Å². The van der Waals surface area contributed by atoms with Crippen LogP contribution in [-0.4, -0.2) is 17.5 Å². The van der Waals surface area contributed by atoms with E-state index >= 15 is 0 Å². The van der Waals surface area contributed by atoms with Crippen LogP contribution in [0.4, 0.5) is 5.69 Å². The van der Waals surface area contributed by atoms with Crippen molar-refractivity contribution >= 4 is 34.2 Å². The van der Waals surface area contributed by atoms with Crippen LogP contribution >= 0.6 is 22.6 Å². The van der Waals surface area contributed by atoms with E-state index in [0.717, 1.165) is 0 Å². The molecule has 6 nitrogen and oxygen atoms in total. The van der Waals surface area contributed by atoms with Gasteiger partial charge in [-0.05, 0) is 35.6 Å². The quantitative estimate of drug-likeness (QED) is 0.355. The summed E-state index contributed by atoms with van der Waals surface area (Å²) < 4.78 is 5.41. The first-order valence-electron chi connectivity index (χ1n) is 5.02. The third-order valence-electron chi connectivity index (χ3n) is 2.17. The third kappa shape index (κ3) is 3.16. The van der Waals surface area contributed by atoms with E-state index in [1.54, 1.807) is 13.0 Å². The number of nitro groups is 1. The van der Waals surface area contributed by atoms with Crippen LogP contribution in [0, 0.1) is 25.0 Å². The van der Waals surface area contributed by atoms with Gasteiger partial charge < -0.3 is 4.74 Å². The zero-order valence-electron chi connectivity index (χ0n) is 9.47. The van der Waals surface area contributed by atoms with Crippen molar-refractivity contribution < 1.29 is 14.5 Å². The number of nitriles is 1. The molecule has 0 aliphatic carbocycles. The molecule has 0 amide bonds. The topological polar surface area (TPSA) is 93.2 Å². The Morgan fingerprint density at radius 3 is 2.78 bits per heavy atom. The molecule has 0 N–H and O–H groups in total. The number of carbonyl (C=O) groups is 1. The lowest BCUT2D eigenvalue weighted by molar-refractivity contribution is -0.385. The second-order valence-electron chi connectivity index (χ2n) is 3.27. The smallest absolute Gasteiger partial charge is 0.310 e. The third-order valence-corrected chi connectivity index (χ3v) is 3.18. The van der Waals surface area contributed by atoms with Gasteiger partial charge in [-0.25, -0.2) is 0 Å². The number of benzene rings is 1. The van der Waals surface area contributed by atoms with Crippen LogP contribution < -0.4 is 0 Å². The number of nitro benzene ring substituents is 1. The molecule has 94 valence electrons. The first-order valence-corrected chi connectivity index (χ1v) is 6.10. The van der Waals surface area contributed by atoms with Gasteiger partial charge >= 0.3 is 5.97 Å². The van der Waals surface area contributed by atoms with Crippen LogP contribution in [0.3, 0.4) is 0 Å². The van der Waals surface area contributed by atoms with Gasteiger partial charge in [-0.2, -0.15) is 5.26 Å². The highest BCUT2D eigenvalue weighted by Gasteiger charge is 2.21. The number of hydrogen-bond donors (Lipinski definition) is 0. The maximum Gasteiger partial charge on any atom is 0.310 e. The summed E-state index contributed by atoms with van der Waals surface area (Å²) in [5.41, 5.74) is -0.0390. The van der Waals surface area contributed by atoms with E-state index in [-0.39, 0.29) is 24.3 Å². The summed E-state index contributed by atoms with van der Waals surface area (Å²) in [4.78, 5) is 21.6. The molecule has 0 saturated carbocycles. The van der Waals surface area contributed by atoms with E-state index in [4.69, 9.17) is 10.00 Å². The van der Waals surface area contributed by atoms with Crippen molar-refractivity contribution in [3.63, 3.8) is 0 Å². The lowest BCUT2D eigenvalue weighted by Crippen LogP contribution is -2.11. The number of carbonyl (C=O) groups excluding carboxylic acids is 1. The lowest BCUT2D eigenvalue weighted by Gasteiger charge is -2.07. The molecule has 0 radical (unpaired) electrons. The molecule has 0 bridgehead atoms. The van der Waals surface area contributed by atoms with E-state index in [9.17, 15) is 14.9 Å². The van der Waals surface area contributed by atoms with Crippen molar-refractivity contribution in [1.82, 2.24) is 0 Å². The number of hydrogen-bond acceptors (Lipinski definition) is 5. The van der Waals surface area contributed by atoms with Gasteiger partial charge in [0.25, 0.3) is 5.69 Å². The fourth-order valence-corrected chi connectivity index (χ4v) is 2.06. The predicted octanol–water partition coefficient (Wildman–Crippen LogP) is 2.18. The van der Waals surface area contributed by atoms with E-state index in [1.165, 1.54) is 12.1 Å². The summed E-state index contributed by atoms with van der Waals surface area (Å²) in [7, 11) is 0. The summed E-state index contributed by atoms with van der Waals surface area (Å²) in [5.74, 6) is -0.507. The van der Waals surface area contributed by atoms with E-state index in [2.05, 4.69) is 0 Å². The number of ether oxygens (including phenoxy) is 1. The maximum atomic E-state index is 11.4. The van der Waals surface area contributed by atoms with Crippen LogP contribution in [-0.2, 0) is 16.0 Å². The molecular formula is C11H9IN2O4. The average Bonchev–Trinajstić information content (AvgIpc) is 2.31.